The number of pyridine rings is 1. The molecule has 118 valence electrons. The van der Waals surface area contributed by atoms with Gasteiger partial charge in [0.1, 0.15) is 5.69 Å². The van der Waals surface area contributed by atoms with E-state index in [1.54, 1.807) is 29.2 Å². The zero-order chi connectivity index (χ0) is 16.6. The zero-order valence-corrected chi connectivity index (χ0v) is 13.8. The number of thiophene rings is 1. The van der Waals surface area contributed by atoms with Crippen molar-refractivity contribution in [1.82, 2.24) is 25.6 Å². The van der Waals surface area contributed by atoms with Gasteiger partial charge < -0.3 is 0 Å². The fourth-order valence-electron chi connectivity index (χ4n) is 2.16. The van der Waals surface area contributed by atoms with Crippen molar-refractivity contribution in [2.75, 3.05) is 0 Å². The molecule has 0 aliphatic carbocycles. The molecule has 0 saturated carbocycles. The largest absolute Gasteiger partial charge is 0.288 e. The fraction of sp³-hybridized carbons (Fsp3) is 0.143. The molecule has 3 aromatic heterocycles. The van der Waals surface area contributed by atoms with E-state index in [-0.39, 0.29) is 5.69 Å². The third kappa shape index (κ3) is 2.90. The van der Waals surface area contributed by atoms with Gasteiger partial charge in [-0.25, -0.2) is 4.98 Å². The van der Waals surface area contributed by atoms with Crippen molar-refractivity contribution in [3.63, 3.8) is 0 Å². The van der Waals surface area contributed by atoms with Crippen molar-refractivity contribution in [1.29, 1.82) is 0 Å². The van der Waals surface area contributed by atoms with E-state index in [1.165, 1.54) is 17.4 Å². The standard InChI is InChI=1S/C14H12ClN5O2S/c1-7-11-8(15)6-9(16-12(11)20(2)19-7)13(21)17-18-14(22)10-4-3-5-23-10/h3-6H,1-2H3,(H,17,21)(H,18,22). The summed E-state index contributed by atoms with van der Waals surface area (Å²) in [6.07, 6.45) is 0. The number of nitrogens with zero attached hydrogens (tertiary/aromatic N) is 3. The minimum absolute atomic E-state index is 0.0944. The van der Waals surface area contributed by atoms with Crippen LogP contribution in [0.25, 0.3) is 11.0 Å². The van der Waals surface area contributed by atoms with Crippen LogP contribution < -0.4 is 10.9 Å². The number of aryl methyl sites for hydroxylation is 2. The fourth-order valence-corrected chi connectivity index (χ4v) is 3.10. The van der Waals surface area contributed by atoms with E-state index < -0.39 is 11.8 Å². The zero-order valence-electron chi connectivity index (χ0n) is 12.3. The van der Waals surface area contributed by atoms with Crippen LogP contribution in [-0.2, 0) is 7.05 Å². The number of aromatic nitrogens is 3. The lowest BCUT2D eigenvalue weighted by atomic mass is 10.2. The highest BCUT2D eigenvalue weighted by Gasteiger charge is 2.17. The van der Waals surface area contributed by atoms with Gasteiger partial charge in [-0.05, 0) is 24.4 Å². The van der Waals surface area contributed by atoms with Crippen molar-refractivity contribution >= 4 is 45.8 Å². The summed E-state index contributed by atoms with van der Waals surface area (Å²) in [5, 5.41) is 7.09. The van der Waals surface area contributed by atoms with E-state index in [4.69, 9.17) is 11.6 Å². The Bertz CT molecular complexity index is 904. The van der Waals surface area contributed by atoms with Crippen LogP contribution in [-0.4, -0.2) is 26.6 Å². The van der Waals surface area contributed by atoms with E-state index in [9.17, 15) is 9.59 Å². The summed E-state index contributed by atoms with van der Waals surface area (Å²) in [4.78, 5) is 28.7. The predicted molar refractivity (Wildman–Crippen MR) is 87.5 cm³/mol. The second-order valence-electron chi connectivity index (χ2n) is 4.78. The van der Waals surface area contributed by atoms with Gasteiger partial charge in [0, 0.05) is 7.05 Å². The second-order valence-corrected chi connectivity index (χ2v) is 6.14. The minimum atomic E-state index is -0.558. The Morgan fingerprint density at radius 1 is 1.30 bits per heavy atom. The molecule has 2 N–H and O–H groups in total. The summed E-state index contributed by atoms with van der Waals surface area (Å²) in [6, 6.07) is 4.86. The summed E-state index contributed by atoms with van der Waals surface area (Å²) in [5.41, 5.74) is 5.99. The Morgan fingerprint density at radius 3 is 2.74 bits per heavy atom. The van der Waals surface area contributed by atoms with Crippen molar-refractivity contribution in [3.8, 4) is 0 Å². The van der Waals surface area contributed by atoms with Crippen LogP contribution in [0.15, 0.2) is 23.6 Å². The van der Waals surface area contributed by atoms with Gasteiger partial charge in [0.15, 0.2) is 5.65 Å². The number of nitrogens with one attached hydrogen (secondary N) is 2. The lowest BCUT2D eigenvalue weighted by molar-refractivity contribution is 0.0846. The van der Waals surface area contributed by atoms with Gasteiger partial charge in [0.25, 0.3) is 11.8 Å². The molecule has 9 heteroatoms. The van der Waals surface area contributed by atoms with Crippen LogP contribution in [0, 0.1) is 6.92 Å². The highest BCUT2D eigenvalue weighted by atomic mass is 35.5. The lowest BCUT2D eigenvalue weighted by Gasteiger charge is -2.07. The number of fused-ring (bicyclic) bond motifs is 1. The van der Waals surface area contributed by atoms with Crippen LogP contribution in [0.3, 0.4) is 0 Å². The third-order valence-corrected chi connectivity index (χ3v) is 4.35. The second kappa shape index (κ2) is 5.98. The quantitative estimate of drug-likeness (QED) is 0.693. The molecular formula is C14H12ClN5O2S. The van der Waals surface area contributed by atoms with Crippen molar-refractivity contribution in [2.45, 2.75) is 6.92 Å². The van der Waals surface area contributed by atoms with Gasteiger partial charge in [-0.1, -0.05) is 17.7 Å². The van der Waals surface area contributed by atoms with Crippen LogP contribution >= 0.6 is 22.9 Å². The number of carbonyl (C=O) groups excluding carboxylic acids is 2. The SMILES string of the molecule is Cc1nn(C)c2nc(C(=O)NNC(=O)c3cccs3)cc(Cl)c12. The molecule has 3 rings (SSSR count). The number of hydrogen-bond acceptors (Lipinski definition) is 5. The molecule has 0 saturated heterocycles. The molecule has 0 aliphatic heterocycles. The van der Waals surface area contributed by atoms with Gasteiger partial charge in [-0.2, -0.15) is 5.10 Å². The van der Waals surface area contributed by atoms with Gasteiger partial charge in [0.05, 0.1) is 21.0 Å². The van der Waals surface area contributed by atoms with E-state index in [0.717, 1.165) is 5.69 Å². The molecule has 0 spiro atoms. The van der Waals surface area contributed by atoms with Crippen molar-refractivity contribution in [2.24, 2.45) is 7.05 Å². The molecule has 0 bridgehead atoms. The molecule has 0 unspecified atom stereocenters. The van der Waals surface area contributed by atoms with Crippen molar-refractivity contribution < 1.29 is 9.59 Å². The molecule has 0 aliphatic rings. The van der Waals surface area contributed by atoms with E-state index >= 15 is 0 Å². The van der Waals surface area contributed by atoms with E-state index in [2.05, 4.69) is 20.9 Å². The topological polar surface area (TPSA) is 88.9 Å². The maximum Gasteiger partial charge on any atom is 0.288 e. The molecular weight excluding hydrogens is 338 g/mol. The molecule has 0 fully saturated rings. The molecule has 0 aromatic carbocycles. The summed E-state index contributed by atoms with van der Waals surface area (Å²) in [7, 11) is 1.72. The average molecular weight is 350 g/mol. The highest BCUT2D eigenvalue weighted by molar-refractivity contribution is 7.12. The molecule has 3 aromatic rings. The number of halogens is 1. The van der Waals surface area contributed by atoms with Crippen LogP contribution in [0.4, 0.5) is 0 Å². The maximum absolute atomic E-state index is 12.2. The number of hydrazine groups is 1. The number of hydrogen-bond donors (Lipinski definition) is 2. The van der Waals surface area contributed by atoms with Crippen molar-refractivity contribution in [3.05, 3.63) is 44.9 Å². The Labute approximate surface area is 140 Å². The summed E-state index contributed by atoms with van der Waals surface area (Å²) in [5.74, 6) is -0.950. The molecule has 0 atom stereocenters. The smallest absolute Gasteiger partial charge is 0.266 e. The van der Waals surface area contributed by atoms with E-state index in [0.29, 0.717) is 20.9 Å². The summed E-state index contributed by atoms with van der Waals surface area (Å²) >= 11 is 7.49. The monoisotopic (exact) mass is 349 g/mol. The first-order chi connectivity index (χ1) is 11.0. The van der Waals surface area contributed by atoms with E-state index in [1.807, 2.05) is 6.92 Å². The number of carbonyl (C=O) groups is 2. The first kappa shape index (κ1) is 15.4. The third-order valence-electron chi connectivity index (χ3n) is 3.19. The lowest BCUT2D eigenvalue weighted by Crippen LogP contribution is -2.41. The van der Waals surface area contributed by atoms with Gasteiger partial charge in [-0.15, -0.1) is 11.3 Å². The van der Waals surface area contributed by atoms with Gasteiger partial charge in [-0.3, -0.25) is 25.1 Å². The van der Waals surface area contributed by atoms with Crippen LogP contribution in [0.2, 0.25) is 5.02 Å². The molecule has 23 heavy (non-hydrogen) atoms. The Hall–Kier alpha value is -2.45. The number of rotatable bonds is 2. The predicted octanol–water partition coefficient (Wildman–Crippen LogP) is 2.07. The summed E-state index contributed by atoms with van der Waals surface area (Å²) in [6.45, 7) is 1.82. The Morgan fingerprint density at radius 2 is 2.04 bits per heavy atom. The van der Waals surface area contributed by atoms with Gasteiger partial charge in [0.2, 0.25) is 0 Å². The molecule has 3 heterocycles. The normalized spacial score (nSPS) is 10.7. The molecule has 0 radical (unpaired) electrons. The number of amides is 2. The average Bonchev–Trinajstić information content (AvgIpc) is 3.13. The molecule has 2 amide bonds. The maximum atomic E-state index is 12.2. The minimum Gasteiger partial charge on any atom is -0.266 e. The Kier molecular flexibility index (Phi) is 4.01. The highest BCUT2D eigenvalue weighted by Crippen LogP contribution is 2.25. The first-order valence-electron chi connectivity index (χ1n) is 6.61. The van der Waals surface area contributed by atoms with Crippen LogP contribution in [0.5, 0.6) is 0 Å². The van der Waals surface area contributed by atoms with Gasteiger partial charge >= 0.3 is 0 Å². The first-order valence-corrected chi connectivity index (χ1v) is 7.87. The molecule has 7 nitrogen and oxygen atoms in total. The summed E-state index contributed by atoms with van der Waals surface area (Å²) < 4.78 is 1.55. The van der Waals surface area contributed by atoms with Crippen LogP contribution in [0.1, 0.15) is 25.9 Å². The Balaban J connectivity index is 1.81.